The normalized spacial score (nSPS) is 21.3. The number of hydrogen-bond acceptors (Lipinski definition) is 4. The minimum atomic E-state index is -0.704. The first-order valence-electron chi connectivity index (χ1n) is 5.86. The molecule has 0 aromatic heterocycles. The Kier molecular flexibility index (Phi) is 4.66. The van der Waals surface area contributed by atoms with E-state index >= 15 is 0 Å². The zero-order valence-electron chi connectivity index (χ0n) is 10.6. The van der Waals surface area contributed by atoms with Gasteiger partial charge >= 0.3 is 5.97 Å². The summed E-state index contributed by atoms with van der Waals surface area (Å²) in [6.45, 7) is 4.51. The van der Waals surface area contributed by atoms with Crippen molar-refractivity contribution in [1.82, 2.24) is 4.90 Å². The third-order valence-electron chi connectivity index (χ3n) is 3.00. The molecule has 5 nitrogen and oxygen atoms in total. The summed E-state index contributed by atoms with van der Waals surface area (Å²) in [6, 6.07) is 0. The van der Waals surface area contributed by atoms with E-state index in [1.54, 1.807) is 4.90 Å². The van der Waals surface area contributed by atoms with Crippen LogP contribution in [0.3, 0.4) is 0 Å². The maximum absolute atomic E-state index is 11.8. The SMILES string of the molecule is COC(=O)C1CCN(C(=O)C(C)C)CCC1=O. The van der Waals surface area contributed by atoms with Crippen molar-refractivity contribution < 1.29 is 19.1 Å². The molecule has 1 saturated heterocycles. The molecular formula is C12H19NO4. The van der Waals surface area contributed by atoms with E-state index in [-0.39, 0.29) is 24.0 Å². The molecule has 5 heteroatoms. The van der Waals surface area contributed by atoms with E-state index < -0.39 is 11.9 Å². The van der Waals surface area contributed by atoms with Gasteiger partial charge in [-0.3, -0.25) is 14.4 Å². The number of amides is 1. The van der Waals surface area contributed by atoms with Crippen molar-refractivity contribution in [3.63, 3.8) is 0 Å². The number of Topliss-reactive ketones (excluding diaryl/α,β-unsaturated/α-hetero) is 1. The fourth-order valence-electron chi connectivity index (χ4n) is 1.95. The Labute approximate surface area is 101 Å². The highest BCUT2D eigenvalue weighted by atomic mass is 16.5. The molecule has 0 N–H and O–H groups in total. The van der Waals surface area contributed by atoms with Gasteiger partial charge in [0.25, 0.3) is 0 Å². The van der Waals surface area contributed by atoms with E-state index in [2.05, 4.69) is 4.74 Å². The quantitative estimate of drug-likeness (QED) is 0.525. The van der Waals surface area contributed by atoms with Crippen molar-refractivity contribution in [2.45, 2.75) is 26.7 Å². The Morgan fingerprint density at radius 3 is 2.53 bits per heavy atom. The summed E-state index contributed by atoms with van der Waals surface area (Å²) in [5.74, 6) is -1.38. The number of ether oxygens (including phenoxy) is 1. The van der Waals surface area contributed by atoms with Crippen LogP contribution in [0.2, 0.25) is 0 Å². The van der Waals surface area contributed by atoms with Crippen LogP contribution >= 0.6 is 0 Å². The van der Waals surface area contributed by atoms with Gasteiger partial charge < -0.3 is 9.64 Å². The fraction of sp³-hybridized carbons (Fsp3) is 0.750. The van der Waals surface area contributed by atoms with Gasteiger partial charge in [0, 0.05) is 25.4 Å². The predicted octanol–water partition coefficient (Wildman–Crippen LogP) is 0.623. The van der Waals surface area contributed by atoms with E-state index in [0.717, 1.165) is 0 Å². The second kappa shape index (κ2) is 5.80. The zero-order valence-corrected chi connectivity index (χ0v) is 10.6. The molecule has 1 heterocycles. The maximum atomic E-state index is 11.8. The Hall–Kier alpha value is -1.39. The highest BCUT2D eigenvalue weighted by molar-refractivity contribution is 5.99. The van der Waals surface area contributed by atoms with Crippen LogP contribution in [-0.2, 0) is 19.1 Å². The molecule has 0 aromatic rings. The lowest BCUT2D eigenvalue weighted by atomic mass is 10.00. The maximum Gasteiger partial charge on any atom is 0.316 e. The van der Waals surface area contributed by atoms with Crippen molar-refractivity contribution in [3.8, 4) is 0 Å². The lowest BCUT2D eigenvalue weighted by molar-refractivity contribution is -0.149. The van der Waals surface area contributed by atoms with Crippen LogP contribution in [0.5, 0.6) is 0 Å². The van der Waals surface area contributed by atoms with E-state index in [9.17, 15) is 14.4 Å². The van der Waals surface area contributed by atoms with Crippen molar-refractivity contribution in [3.05, 3.63) is 0 Å². The molecule has 96 valence electrons. The highest BCUT2D eigenvalue weighted by Crippen LogP contribution is 2.17. The molecule has 1 aliphatic heterocycles. The van der Waals surface area contributed by atoms with Crippen LogP contribution in [-0.4, -0.2) is 42.8 Å². The van der Waals surface area contributed by atoms with Gasteiger partial charge in [-0.15, -0.1) is 0 Å². The Morgan fingerprint density at radius 2 is 2.00 bits per heavy atom. The van der Waals surface area contributed by atoms with Crippen LogP contribution < -0.4 is 0 Å². The summed E-state index contributed by atoms with van der Waals surface area (Å²) in [5.41, 5.74) is 0. The number of ketones is 1. The third-order valence-corrected chi connectivity index (χ3v) is 3.00. The summed E-state index contributed by atoms with van der Waals surface area (Å²) >= 11 is 0. The van der Waals surface area contributed by atoms with Gasteiger partial charge in [0.2, 0.25) is 5.91 Å². The average molecular weight is 241 g/mol. The van der Waals surface area contributed by atoms with Gasteiger partial charge in [-0.1, -0.05) is 13.8 Å². The van der Waals surface area contributed by atoms with E-state index in [4.69, 9.17) is 0 Å². The second-order valence-corrected chi connectivity index (χ2v) is 4.56. The molecule has 1 atom stereocenters. The second-order valence-electron chi connectivity index (χ2n) is 4.56. The molecule has 0 aromatic carbocycles. The summed E-state index contributed by atoms with van der Waals surface area (Å²) in [4.78, 5) is 36.6. The number of carbonyl (C=O) groups excluding carboxylic acids is 3. The number of methoxy groups -OCH3 is 1. The number of esters is 1. The fourth-order valence-corrected chi connectivity index (χ4v) is 1.95. The predicted molar refractivity (Wildman–Crippen MR) is 61.2 cm³/mol. The minimum Gasteiger partial charge on any atom is -0.468 e. The van der Waals surface area contributed by atoms with Crippen LogP contribution in [0.15, 0.2) is 0 Å². The molecular weight excluding hydrogens is 222 g/mol. The van der Waals surface area contributed by atoms with Crippen LogP contribution in [0.25, 0.3) is 0 Å². The third kappa shape index (κ3) is 3.28. The van der Waals surface area contributed by atoms with Crippen molar-refractivity contribution in [1.29, 1.82) is 0 Å². The average Bonchev–Trinajstić information content (AvgIpc) is 2.49. The minimum absolute atomic E-state index is 0.0308. The highest BCUT2D eigenvalue weighted by Gasteiger charge is 2.32. The Balaban J connectivity index is 2.68. The summed E-state index contributed by atoms with van der Waals surface area (Å²) in [5, 5.41) is 0. The van der Waals surface area contributed by atoms with Crippen LogP contribution in [0.1, 0.15) is 26.7 Å². The molecule has 1 amide bonds. The van der Waals surface area contributed by atoms with E-state index in [1.165, 1.54) is 7.11 Å². The zero-order chi connectivity index (χ0) is 13.0. The van der Waals surface area contributed by atoms with Crippen molar-refractivity contribution in [2.24, 2.45) is 11.8 Å². The molecule has 17 heavy (non-hydrogen) atoms. The number of nitrogens with zero attached hydrogens (tertiary/aromatic N) is 1. The van der Waals surface area contributed by atoms with Crippen molar-refractivity contribution >= 4 is 17.7 Å². The first-order chi connectivity index (χ1) is 7.97. The first kappa shape index (κ1) is 13.7. The molecule has 0 saturated carbocycles. The van der Waals surface area contributed by atoms with Gasteiger partial charge in [-0.25, -0.2) is 0 Å². The smallest absolute Gasteiger partial charge is 0.316 e. The molecule has 0 spiro atoms. The molecule has 1 aliphatic rings. The number of hydrogen-bond donors (Lipinski definition) is 0. The number of carbonyl (C=O) groups is 3. The lowest BCUT2D eigenvalue weighted by Crippen LogP contribution is -2.35. The molecule has 0 aliphatic carbocycles. The van der Waals surface area contributed by atoms with Crippen molar-refractivity contribution in [2.75, 3.05) is 20.2 Å². The Morgan fingerprint density at radius 1 is 1.35 bits per heavy atom. The van der Waals surface area contributed by atoms with Crippen LogP contribution in [0.4, 0.5) is 0 Å². The van der Waals surface area contributed by atoms with Gasteiger partial charge in [-0.05, 0) is 6.42 Å². The largest absolute Gasteiger partial charge is 0.468 e. The number of rotatable bonds is 2. The first-order valence-corrected chi connectivity index (χ1v) is 5.86. The molecule has 0 bridgehead atoms. The van der Waals surface area contributed by atoms with Crippen LogP contribution in [0, 0.1) is 11.8 Å². The topological polar surface area (TPSA) is 63.7 Å². The molecule has 1 rings (SSSR count). The lowest BCUT2D eigenvalue weighted by Gasteiger charge is -2.22. The summed E-state index contributed by atoms with van der Waals surface area (Å²) < 4.78 is 4.60. The monoisotopic (exact) mass is 241 g/mol. The van der Waals surface area contributed by atoms with E-state index in [0.29, 0.717) is 19.5 Å². The van der Waals surface area contributed by atoms with Gasteiger partial charge in [0.05, 0.1) is 7.11 Å². The van der Waals surface area contributed by atoms with E-state index in [1.807, 2.05) is 13.8 Å². The Bertz CT molecular complexity index is 324. The summed E-state index contributed by atoms with van der Waals surface area (Å²) in [7, 11) is 1.28. The summed E-state index contributed by atoms with van der Waals surface area (Å²) in [6.07, 6.45) is 0.599. The van der Waals surface area contributed by atoms with Gasteiger partial charge in [-0.2, -0.15) is 0 Å². The standard InChI is InChI=1S/C12H19NO4/c1-8(2)11(15)13-6-4-9(12(16)17-3)10(14)5-7-13/h8-9H,4-7H2,1-3H3. The molecule has 0 radical (unpaired) electrons. The molecule has 1 fully saturated rings. The van der Waals surface area contributed by atoms with Gasteiger partial charge in [0.1, 0.15) is 11.7 Å². The molecule has 1 unspecified atom stereocenters. The number of likely N-dealkylation sites (tertiary alicyclic amines) is 1. The van der Waals surface area contributed by atoms with Gasteiger partial charge in [0.15, 0.2) is 0 Å².